The molecule has 1 aliphatic rings. The maximum Gasteiger partial charge on any atom is 0.120 e. The smallest absolute Gasteiger partial charge is 0.120 e. The van der Waals surface area contributed by atoms with Gasteiger partial charge in [0.2, 0.25) is 0 Å². The zero-order valence-electron chi connectivity index (χ0n) is 13.6. The van der Waals surface area contributed by atoms with E-state index in [1.54, 1.807) is 0 Å². The average Bonchev–Trinajstić information content (AvgIpc) is 2.54. The Labute approximate surface area is 117 Å². The summed E-state index contributed by atoms with van der Waals surface area (Å²) >= 11 is 0. The van der Waals surface area contributed by atoms with Crippen LogP contribution in [0.15, 0.2) is 0 Å². The lowest BCUT2D eigenvalue weighted by molar-refractivity contribution is 0.226. The highest BCUT2D eigenvalue weighted by Crippen LogP contribution is 2.44. The first kappa shape index (κ1) is 14.6. The predicted octanol–water partition coefficient (Wildman–Crippen LogP) is 3.55. The Kier molecular flexibility index (Phi) is 3.33. The number of nitrogens with zero attached hydrogens (tertiary/aromatic N) is 1. The van der Waals surface area contributed by atoms with Gasteiger partial charge >= 0.3 is 0 Å². The molecular weight excluding hydrogens is 234 g/mol. The number of H-pyrrole nitrogens is 1. The molecule has 0 spiro atoms. The van der Waals surface area contributed by atoms with Crippen molar-refractivity contribution in [3.05, 3.63) is 17.2 Å². The van der Waals surface area contributed by atoms with Gasteiger partial charge in [-0.05, 0) is 39.0 Å². The van der Waals surface area contributed by atoms with Crippen molar-refractivity contribution in [1.29, 1.82) is 0 Å². The summed E-state index contributed by atoms with van der Waals surface area (Å²) in [4.78, 5) is 8.40. The molecule has 0 amide bonds. The number of aromatic amines is 1. The van der Waals surface area contributed by atoms with Gasteiger partial charge < -0.3 is 10.3 Å². The van der Waals surface area contributed by atoms with E-state index in [1.807, 2.05) is 0 Å². The lowest BCUT2D eigenvalue weighted by Gasteiger charge is -2.39. The van der Waals surface area contributed by atoms with E-state index in [2.05, 4.69) is 58.8 Å². The third-order valence-electron chi connectivity index (χ3n) is 3.83. The molecule has 19 heavy (non-hydrogen) atoms. The van der Waals surface area contributed by atoms with Gasteiger partial charge in [0.15, 0.2) is 0 Å². The SMILES string of the molecule is CC1(C)Cc2[nH]c(CNC(C)(C)C)nc2C(C)(C)C1. The standard InChI is InChI=1S/C16H29N3/c1-14(2,3)17-9-12-18-11-8-15(4,5)10-16(6,7)13(11)19-12/h17H,8-10H2,1-7H3,(H,18,19). The molecule has 0 atom stereocenters. The summed E-state index contributed by atoms with van der Waals surface area (Å²) in [5, 5.41) is 3.50. The molecule has 0 aromatic carbocycles. The van der Waals surface area contributed by atoms with E-state index in [0.29, 0.717) is 5.41 Å². The fraction of sp³-hybridized carbons (Fsp3) is 0.812. The van der Waals surface area contributed by atoms with Crippen LogP contribution in [0.25, 0.3) is 0 Å². The van der Waals surface area contributed by atoms with Crippen LogP contribution in [0.3, 0.4) is 0 Å². The van der Waals surface area contributed by atoms with Gasteiger partial charge in [-0.15, -0.1) is 0 Å². The lowest BCUT2D eigenvalue weighted by Crippen LogP contribution is -2.35. The van der Waals surface area contributed by atoms with Crippen molar-refractivity contribution in [3.63, 3.8) is 0 Å². The van der Waals surface area contributed by atoms with Gasteiger partial charge in [0, 0.05) is 16.6 Å². The predicted molar refractivity (Wildman–Crippen MR) is 80.3 cm³/mol. The van der Waals surface area contributed by atoms with Crippen LogP contribution in [-0.4, -0.2) is 15.5 Å². The Morgan fingerprint density at radius 2 is 1.84 bits per heavy atom. The summed E-state index contributed by atoms with van der Waals surface area (Å²) in [5.74, 6) is 1.07. The van der Waals surface area contributed by atoms with Crippen LogP contribution < -0.4 is 5.32 Å². The number of fused-ring (bicyclic) bond motifs is 1. The summed E-state index contributed by atoms with van der Waals surface area (Å²) in [6.45, 7) is 16.7. The third kappa shape index (κ3) is 3.38. The third-order valence-corrected chi connectivity index (χ3v) is 3.83. The van der Waals surface area contributed by atoms with Crippen LogP contribution in [0, 0.1) is 5.41 Å². The summed E-state index contributed by atoms with van der Waals surface area (Å²) in [6.07, 6.45) is 2.30. The van der Waals surface area contributed by atoms with Crippen molar-refractivity contribution in [3.8, 4) is 0 Å². The first-order valence-electron chi connectivity index (χ1n) is 7.32. The van der Waals surface area contributed by atoms with E-state index in [4.69, 9.17) is 4.98 Å². The molecule has 0 bridgehead atoms. The Hall–Kier alpha value is -0.830. The van der Waals surface area contributed by atoms with Crippen LogP contribution in [0.4, 0.5) is 0 Å². The molecule has 0 fully saturated rings. The van der Waals surface area contributed by atoms with Gasteiger partial charge in [-0.25, -0.2) is 4.98 Å². The van der Waals surface area contributed by atoms with Crippen molar-refractivity contribution in [2.24, 2.45) is 5.41 Å². The van der Waals surface area contributed by atoms with E-state index >= 15 is 0 Å². The van der Waals surface area contributed by atoms with Gasteiger partial charge in [0.05, 0.1) is 12.2 Å². The highest BCUT2D eigenvalue weighted by Gasteiger charge is 2.39. The fourth-order valence-electron chi connectivity index (χ4n) is 3.41. The van der Waals surface area contributed by atoms with E-state index in [9.17, 15) is 0 Å². The van der Waals surface area contributed by atoms with Crippen molar-refractivity contribution in [1.82, 2.24) is 15.3 Å². The average molecular weight is 263 g/mol. The lowest BCUT2D eigenvalue weighted by atomic mass is 9.66. The molecule has 1 aromatic heterocycles. The highest BCUT2D eigenvalue weighted by molar-refractivity contribution is 5.28. The second kappa shape index (κ2) is 4.34. The van der Waals surface area contributed by atoms with Crippen molar-refractivity contribution < 1.29 is 0 Å². The second-order valence-electron chi connectivity index (χ2n) is 8.52. The molecule has 108 valence electrons. The number of aromatic nitrogens is 2. The first-order valence-corrected chi connectivity index (χ1v) is 7.32. The summed E-state index contributed by atoms with van der Waals surface area (Å²) < 4.78 is 0. The van der Waals surface area contributed by atoms with E-state index in [0.717, 1.165) is 18.8 Å². The molecule has 1 heterocycles. The molecule has 3 nitrogen and oxygen atoms in total. The Balaban J connectivity index is 2.23. The number of nitrogens with one attached hydrogen (secondary N) is 2. The summed E-state index contributed by atoms with van der Waals surface area (Å²) in [6, 6.07) is 0. The molecule has 3 heteroatoms. The Bertz CT molecular complexity index is 461. The van der Waals surface area contributed by atoms with Crippen LogP contribution in [0.5, 0.6) is 0 Å². The molecule has 0 radical (unpaired) electrons. The van der Waals surface area contributed by atoms with Crippen molar-refractivity contribution in [2.75, 3.05) is 0 Å². The minimum Gasteiger partial charge on any atom is -0.345 e. The molecule has 0 aliphatic heterocycles. The molecule has 1 aromatic rings. The zero-order chi connectivity index (χ0) is 14.5. The second-order valence-corrected chi connectivity index (χ2v) is 8.52. The van der Waals surface area contributed by atoms with Gasteiger partial charge in [0.1, 0.15) is 5.82 Å². The minimum absolute atomic E-state index is 0.127. The maximum absolute atomic E-state index is 4.85. The minimum atomic E-state index is 0.127. The number of imidazole rings is 1. The molecule has 0 saturated heterocycles. The highest BCUT2D eigenvalue weighted by atomic mass is 15.0. The van der Waals surface area contributed by atoms with Gasteiger partial charge in [-0.3, -0.25) is 0 Å². The van der Waals surface area contributed by atoms with Crippen LogP contribution in [0.1, 0.15) is 72.1 Å². The van der Waals surface area contributed by atoms with Gasteiger partial charge in [-0.2, -0.15) is 0 Å². The Morgan fingerprint density at radius 1 is 1.21 bits per heavy atom. The van der Waals surface area contributed by atoms with Crippen LogP contribution >= 0.6 is 0 Å². The Morgan fingerprint density at radius 3 is 2.42 bits per heavy atom. The van der Waals surface area contributed by atoms with E-state index < -0.39 is 0 Å². The number of rotatable bonds is 2. The van der Waals surface area contributed by atoms with Gasteiger partial charge in [-0.1, -0.05) is 27.7 Å². The zero-order valence-corrected chi connectivity index (χ0v) is 13.6. The molecule has 2 N–H and O–H groups in total. The maximum atomic E-state index is 4.85. The topological polar surface area (TPSA) is 40.7 Å². The summed E-state index contributed by atoms with van der Waals surface area (Å²) in [7, 11) is 0. The van der Waals surface area contributed by atoms with E-state index in [-0.39, 0.29) is 11.0 Å². The number of hydrogen-bond acceptors (Lipinski definition) is 2. The fourth-order valence-corrected chi connectivity index (χ4v) is 3.41. The van der Waals surface area contributed by atoms with E-state index in [1.165, 1.54) is 17.8 Å². The molecular formula is C16H29N3. The van der Waals surface area contributed by atoms with Crippen molar-refractivity contribution in [2.45, 2.75) is 78.8 Å². The first-order chi connectivity index (χ1) is 8.49. The van der Waals surface area contributed by atoms with Crippen LogP contribution in [-0.2, 0) is 18.4 Å². The quantitative estimate of drug-likeness (QED) is 0.856. The molecule has 0 saturated carbocycles. The molecule has 1 aliphatic carbocycles. The number of hydrogen-bond donors (Lipinski definition) is 2. The van der Waals surface area contributed by atoms with Crippen molar-refractivity contribution >= 4 is 0 Å². The molecule has 0 unspecified atom stereocenters. The summed E-state index contributed by atoms with van der Waals surface area (Å²) in [5.41, 5.74) is 3.28. The largest absolute Gasteiger partial charge is 0.345 e. The van der Waals surface area contributed by atoms with Gasteiger partial charge in [0.25, 0.3) is 0 Å². The molecule has 2 rings (SSSR count). The van der Waals surface area contributed by atoms with Crippen LogP contribution in [0.2, 0.25) is 0 Å². The normalized spacial score (nSPS) is 21.2. The monoisotopic (exact) mass is 263 g/mol.